The third kappa shape index (κ3) is 3.21. The van der Waals surface area contributed by atoms with E-state index in [0.29, 0.717) is 26.7 Å². The van der Waals surface area contributed by atoms with E-state index in [1.807, 2.05) is 10.8 Å². The van der Waals surface area contributed by atoms with E-state index in [4.69, 9.17) is 36.0 Å². The Morgan fingerprint density at radius 2 is 1.92 bits per heavy atom. The maximum absolute atomic E-state index is 11.7. The summed E-state index contributed by atoms with van der Waals surface area (Å²) < 4.78 is 4.25. The Morgan fingerprint density at radius 3 is 2.46 bits per heavy atom. The summed E-state index contributed by atoms with van der Waals surface area (Å²) in [4.78, 5) is 17.4. The van der Waals surface area contributed by atoms with Gasteiger partial charge in [-0.3, -0.25) is 0 Å². The highest BCUT2D eigenvalue weighted by Crippen LogP contribution is 2.26. The van der Waals surface area contributed by atoms with Crippen LogP contribution in [0.15, 0.2) is 43.0 Å². The highest BCUT2D eigenvalue weighted by molar-refractivity contribution is 7.71. The molecule has 0 aliphatic heterocycles. The summed E-state index contributed by atoms with van der Waals surface area (Å²) >= 11 is 16.6. The van der Waals surface area contributed by atoms with Crippen molar-refractivity contribution in [2.24, 2.45) is 0 Å². The maximum Gasteiger partial charge on any atom is 0.331 e. The van der Waals surface area contributed by atoms with Gasteiger partial charge in [0, 0.05) is 29.8 Å². The smallest absolute Gasteiger partial charge is 0.331 e. The number of benzene rings is 1. The van der Waals surface area contributed by atoms with Crippen LogP contribution in [0.4, 0.5) is 0 Å². The molecule has 0 bridgehead atoms. The van der Waals surface area contributed by atoms with Crippen molar-refractivity contribution in [3.8, 4) is 0 Å². The van der Waals surface area contributed by atoms with Crippen molar-refractivity contribution in [3.63, 3.8) is 0 Å². The molecular weight excluding hydrogens is 368 g/mol. The number of hydrogen-bond donors (Lipinski definition) is 3. The predicted octanol–water partition coefficient (Wildman–Crippen LogP) is 3.78. The lowest BCUT2D eigenvalue weighted by molar-refractivity contribution is -0.139. The zero-order chi connectivity index (χ0) is 17.3. The fourth-order valence-corrected chi connectivity index (χ4v) is 3.15. The van der Waals surface area contributed by atoms with E-state index in [1.165, 1.54) is 4.57 Å². The molecule has 24 heavy (non-hydrogen) atoms. The van der Waals surface area contributed by atoms with Crippen molar-refractivity contribution in [3.05, 3.63) is 68.7 Å². The average Bonchev–Trinajstić information content (AvgIpc) is 3.11. The zero-order valence-electron chi connectivity index (χ0n) is 12.3. The number of halogens is 1. The lowest BCUT2D eigenvalue weighted by Gasteiger charge is -2.16. The second-order valence-electron chi connectivity index (χ2n) is 5.16. The van der Waals surface area contributed by atoms with Gasteiger partial charge in [-0.1, -0.05) is 23.7 Å². The first-order valence-corrected chi connectivity index (χ1v) is 8.17. The quantitative estimate of drug-likeness (QED) is 0.588. The molecule has 0 fully saturated rings. The number of carboxylic acid groups (broad SMARTS) is 1. The molecule has 9 heteroatoms. The fraction of sp³-hybridized carbons (Fsp3) is 0.133. The van der Waals surface area contributed by atoms with E-state index in [2.05, 4.69) is 9.97 Å². The van der Waals surface area contributed by atoms with Crippen LogP contribution in [0.2, 0.25) is 5.02 Å². The minimum Gasteiger partial charge on any atom is -0.479 e. The molecule has 0 aliphatic carbocycles. The molecule has 0 radical (unpaired) electrons. The Balaban J connectivity index is 1.97. The third-order valence-corrected chi connectivity index (χ3v) is 4.68. The molecule has 3 aromatic rings. The number of aromatic nitrogens is 4. The molecule has 2 aromatic heterocycles. The standard InChI is InChI=1S/C15H13ClN4O2S2/c16-11-7-9(12(13(21)22)20-6-4-18-15(20)24)1-2-10(11)8-19-5-3-17-14(19)23/h1-7,12H,8H2,(H,17,23)(H,18,24)(H,21,22). The van der Waals surface area contributed by atoms with Gasteiger partial charge >= 0.3 is 5.97 Å². The number of imidazole rings is 2. The summed E-state index contributed by atoms with van der Waals surface area (Å²) in [6.45, 7) is 0.503. The monoisotopic (exact) mass is 380 g/mol. The van der Waals surface area contributed by atoms with Crippen LogP contribution in [0.3, 0.4) is 0 Å². The summed E-state index contributed by atoms with van der Waals surface area (Å²) in [6.07, 6.45) is 6.77. The van der Waals surface area contributed by atoms with Crippen LogP contribution in [0.5, 0.6) is 0 Å². The van der Waals surface area contributed by atoms with E-state index < -0.39 is 12.0 Å². The minimum atomic E-state index is -1.01. The molecule has 3 rings (SSSR count). The number of carboxylic acids is 1. The predicted molar refractivity (Wildman–Crippen MR) is 95.6 cm³/mol. The number of nitrogens with zero attached hydrogens (tertiary/aromatic N) is 2. The molecule has 6 nitrogen and oxygen atoms in total. The molecule has 3 N–H and O–H groups in total. The normalized spacial score (nSPS) is 12.2. The molecule has 0 amide bonds. The SMILES string of the molecule is O=C(O)C(c1ccc(Cn2cc[nH]c2=S)c(Cl)c1)n1cc[nH]c1=S. The zero-order valence-corrected chi connectivity index (χ0v) is 14.7. The van der Waals surface area contributed by atoms with Crippen LogP contribution in [-0.2, 0) is 11.3 Å². The first kappa shape index (κ1) is 16.7. The van der Waals surface area contributed by atoms with Gasteiger partial charge < -0.3 is 24.2 Å². The Morgan fingerprint density at radius 1 is 1.21 bits per heavy atom. The molecule has 0 spiro atoms. The van der Waals surface area contributed by atoms with Gasteiger partial charge in [0.2, 0.25) is 0 Å². The van der Waals surface area contributed by atoms with Crippen molar-refractivity contribution < 1.29 is 9.90 Å². The van der Waals surface area contributed by atoms with E-state index in [-0.39, 0.29) is 0 Å². The largest absolute Gasteiger partial charge is 0.479 e. The topological polar surface area (TPSA) is 78.7 Å². The molecule has 0 saturated carbocycles. The molecule has 124 valence electrons. The van der Waals surface area contributed by atoms with Gasteiger partial charge in [-0.15, -0.1) is 0 Å². The van der Waals surface area contributed by atoms with Crippen LogP contribution >= 0.6 is 36.0 Å². The number of carbonyl (C=O) groups is 1. The van der Waals surface area contributed by atoms with Gasteiger partial charge in [-0.25, -0.2) is 4.79 Å². The highest BCUT2D eigenvalue weighted by atomic mass is 35.5. The molecule has 1 aromatic carbocycles. The molecule has 0 saturated heterocycles. The second-order valence-corrected chi connectivity index (χ2v) is 6.34. The minimum absolute atomic E-state index is 0.334. The number of nitrogens with one attached hydrogen (secondary N) is 2. The van der Waals surface area contributed by atoms with Gasteiger partial charge in [0.05, 0.1) is 6.54 Å². The van der Waals surface area contributed by atoms with Crippen LogP contribution < -0.4 is 0 Å². The van der Waals surface area contributed by atoms with Crippen LogP contribution in [-0.4, -0.2) is 30.2 Å². The number of aliphatic carboxylic acids is 1. The fourth-order valence-electron chi connectivity index (χ4n) is 2.48. The van der Waals surface area contributed by atoms with Crippen LogP contribution in [0.1, 0.15) is 17.2 Å². The lowest BCUT2D eigenvalue weighted by Crippen LogP contribution is -2.20. The number of hydrogen-bond acceptors (Lipinski definition) is 3. The third-order valence-electron chi connectivity index (χ3n) is 3.64. The average molecular weight is 381 g/mol. The first-order valence-electron chi connectivity index (χ1n) is 6.98. The Bertz CT molecular complexity index is 1000. The summed E-state index contributed by atoms with van der Waals surface area (Å²) in [5.74, 6) is -1.01. The number of H-pyrrole nitrogens is 2. The van der Waals surface area contributed by atoms with Crippen molar-refractivity contribution in [1.29, 1.82) is 0 Å². The van der Waals surface area contributed by atoms with E-state index in [9.17, 15) is 9.90 Å². The Hall–Kier alpha value is -2.16. The summed E-state index contributed by atoms with van der Waals surface area (Å²) in [5, 5.41) is 10.1. The van der Waals surface area contributed by atoms with Gasteiger partial charge in [-0.05, 0) is 41.6 Å². The number of aromatic amines is 2. The van der Waals surface area contributed by atoms with E-state index in [1.54, 1.807) is 36.8 Å². The van der Waals surface area contributed by atoms with Crippen molar-refractivity contribution in [2.45, 2.75) is 12.6 Å². The summed E-state index contributed by atoms with van der Waals surface area (Å²) in [5.41, 5.74) is 1.39. The highest BCUT2D eigenvalue weighted by Gasteiger charge is 2.23. The number of rotatable bonds is 5. The van der Waals surface area contributed by atoms with Crippen LogP contribution in [0.25, 0.3) is 0 Å². The van der Waals surface area contributed by atoms with Gasteiger partial charge in [0.25, 0.3) is 0 Å². The van der Waals surface area contributed by atoms with Gasteiger partial charge in [-0.2, -0.15) is 0 Å². The van der Waals surface area contributed by atoms with Gasteiger partial charge in [0.15, 0.2) is 15.6 Å². The van der Waals surface area contributed by atoms with E-state index >= 15 is 0 Å². The molecular formula is C15H13ClN4O2S2. The lowest BCUT2D eigenvalue weighted by atomic mass is 10.0. The van der Waals surface area contributed by atoms with Crippen LogP contribution in [0, 0.1) is 9.54 Å². The molecule has 1 atom stereocenters. The summed E-state index contributed by atoms with van der Waals surface area (Å²) in [7, 11) is 0. The second kappa shape index (κ2) is 6.76. The molecule has 1 unspecified atom stereocenters. The molecule has 0 aliphatic rings. The molecule has 2 heterocycles. The van der Waals surface area contributed by atoms with E-state index in [0.717, 1.165) is 5.56 Å². The maximum atomic E-state index is 11.7. The van der Waals surface area contributed by atoms with Crippen molar-refractivity contribution >= 4 is 42.0 Å². The Labute approximate surface area is 152 Å². The summed E-state index contributed by atoms with van der Waals surface area (Å²) in [6, 6.07) is 4.26. The Kier molecular flexibility index (Phi) is 4.70. The van der Waals surface area contributed by atoms with Gasteiger partial charge in [0.1, 0.15) is 0 Å². The first-order chi connectivity index (χ1) is 11.5. The van der Waals surface area contributed by atoms with Crippen molar-refractivity contribution in [1.82, 2.24) is 19.1 Å². The van der Waals surface area contributed by atoms with Crippen molar-refractivity contribution in [2.75, 3.05) is 0 Å².